The number of amides is 1. The SMILES string of the molecule is Cc1noc(COC2CCCN(C(=O)c3ccncc3)C2)n1. The summed E-state index contributed by atoms with van der Waals surface area (Å²) in [5, 5.41) is 3.73. The Morgan fingerprint density at radius 3 is 3.00 bits per heavy atom. The van der Waals surface area contributed by atoms with Gasteiger partial charge in [-0.05, 0) is 31.9 Å². The van der Waals surface area contributed by atoms with E-state index in [4.69, 9.17) is 9.26 Å². The third-order valence-corrected chi connectivity index (χ3v) is 3.60. The maximum absolute atomic E-state index is 12.4. The van der Waals surface area contributed by atoms with Crippen LogP contribution < -0.4 is 0 Å². The minimum Gasteiger partial charge on any atom is -0.367 e. The molecule has 1 amide bonds. The van der Waals surface area contributed by atoms with E-state index in [2.05, 4.69) is 15.1 Å². The molecule has 0 aromatic carbocycles. The molecule has 1 fully saturated rings. The zero-order chi connectivity index (χ0) is 15.4. The van der Waals surface area contributed by atoms with Crippen molar-refractivity contribution < 1.29 is 14.1 Å². The Morgan fingerprint density at radius 1 is 1.45 bits per heavy atom. The van der Waals surface area contributed by atoms with Gasteiger partial charge in [0, 0.05) is 31.0 Å². The largest absolute Gasteiger partial charge is 0.367 e. The molecule has 22 heavy (non-hydrogen) atoms. The third kappa shape index (κ3) is 3.48. The average molecular weight is 302 g/mol. The first-order valence-corrected chi connectivity index (χ1v) is 7.32. The van der Waals surface area contributed by atoms with Crippen LogP contribution in [0.5, 0.6) is 0 Å². The van der Waals surface area contributed by atoms with Gasteiger partial charge in [0.15, 0.2) is 5.82 Å². The number of aromatic nitrogens is 3. The van der Waals surface area contributed by atoms with Crippen molar-refractivity contribution in [2.75, 3.05) is 13.1 Å². The second-order valence-corrected chi connectivity index (χ2v) is 5.30. The smallest absolute Gasteiger partial charge is 0.254 e. The molecule has 0 aliphatic carbocycles. The van der Waals surface area contributed by atoms with Gasteiger partial charge in [-0.25, -0.2) is 0 Å². The molecule has 0 N–H and O–H groups in total. The van der Waals surface area contributed by atoms with Gasteiger partial charge in [0.1, 0.15) is 6.61 Å². The Morgan fingerprint density at radius 2 is 2.27 bits per heavy atom. The van der Waals surface area contributed by atoms with Crippen LogP contribution in [0, 0.1) is 6.92 Å². The lowest BCUT2D eigenvalue weighted by molar-refractivity contribution is -0.0153. The molecular weight excluding hydrogens is 284 g/mol. The van der Waals surface area contributed by atoms with Crippen molar-refractivity contribution in [1.29, 1.82) is 0 Å². The number of rotatable bonds is 4. The molecule has 0 spiro atoms. The Bertz CT molecular complexity index is 629. The van der Waals surface area contributed by atoms with E-state index >= 15 is 0 Å². The molecule has 0 radical (unpaired) electrons. The van der Waals surface area contributed by atoms with E-state index in [9.17, 15) is 4.79 Å². The molecule has 3 rings (SSSR count). The summed E-state index contributed by atoms with van der Waals surface area (Å²) in [4.78, 5) is 22.3. The molecule has 1 unspecified atom stereocenters. The fourth-order valence-corrected chi connectivity index (χ4v) is 2.52. The zero-order valence-electron chi connectivity index (χ0n) is 12.4. The van der Waals surface area contributed by atoms with E-state index in [-0.39, 0.29) is 18.6 Å². The number of hydrogen-bond acceptors (Lipinski definition) is 6. The second-order valence-electron chi connectivity index (χ2n) is 5.30. The Labute approximate surface area is 128 Å². The van der Waals surface area contributed by atoms with Crippen molar-refractivity contribution in [3.05, 3.63) is 41.8 Å². The van der Waals surface area contributed by atoms with Crippen LogP contribution in [0.1, 0.15) is 34.9 Å². The van der Waals surface area contributed by atoms with Gasteiger partial charge in [0.2, 0.25) is 0 Å². The fraction of sp³-hybridized carbons (Fsp3) is 0.467. The van der Waals surface area contributed by atoms with Crippen LogP contribution in [0.2, 0.25) is 0 Å². The number of hydrogen-bond donors (Lipinski definition) is 0. The highest BCUT2D eigenvalue weighted by atomic mass is 16.5. The standard InChI is InChI=1S/C15H18N4O3/c1-11-17-14(22-18-11)10-21-13-3-2-8-19(9-13)15(20)12-4-6-16-7-5-12/h4-7,13H,2-3,8-10H2,1H3. The number of pyridine rings is 1. The van der Waals surface area contributed by atoms with E-state index in [0.717, 1.165) is 19.4 Å². The van der Waals surface area contributed by atoms with Crippen molar-refractivity contribution >= 4 is 5.91 Å². The summed E-state index contributed by atoms with van der Waals surface area (Å²) in [6.07, 6.45) is 5.09. The minimum atomic E-state index is -0.00765. The lowest BCUT2D eigenvalue weighted by Crippen LogP contribution is -2.43. The molecule has 2 aromatic heterocycles. The van der Waals surface area contributed by atoms with Crippen molar-refractivity contribution in [2.24, 2.45) is 0 Å². The third-order valence-electron chi connectivity index (χ3n) is 3.60. The van der Waals surface area contributed by atoms with Crippen molar-refractivity contribution in [3.8, 4) is 0 Å². The van der Waals surface area contributed by atoms with E-state index in [1.165, 1.54) is 0 Å². The van der Waals surface area contributed by atoms with E-state index < -0.39 is 0 Å². The van der Waals surface area contributed by atoms with Crippen LogP contribution in [-0.4, -0.2) is 45.1 Å². The highest BCUT2D eigenvalue weighted by Gasteiger charge is 2.25. The monoisotopic (exact) mass is 302 g/mol. The van der Waals surface area contributed by atoms with Crippen molar-refractivity contribution in [1.82, 2.24) is 20.0 Å². The number of carbonyl (C=O) groups excluding carboxylic acids is 1. The summed E-state index contributed by atoms with van der Waals surface area (Å²) in [5.74, 6) is 1.08. The molecule has 1 saturated heterocycles. The minimum absolute atomic E-state index is 0.00765. The summed E-state index contributed by atoms with van der Waals surface area (Å²) in [6, 6.07) is 3.46. The van der Waals surface area contributed by atoms with Crippen LogP contribution in [0.15, 0.2) is 29.0 Å². The molecule has 0 bridgehead atoms. The topological polar surface area (TPSA) is 81.4 Å². The van der Waals surface area contributed by atoms with Crippen LogP contribution in [0.25, 0.3) is 0 Å². The van der Waals surface area contributed by atoms with Gasteiger partial charge in [-0.1, -0.05) is 5.16 Å². The summed E-state index contributed by atoms with van der Waals surface area (Å²) < 4.78 is 10.8. The highest BCUT2D eigenvalue weighted by molar-refractivity contribution is 5.94. The molecule has 0 saturated carbocycles. The van der Waals surface area contributed by atoms with Crippen molar-refractivity contribution in [3.63, 3.8) is 0 Å². The highest BCUT2D eigenvalue weighted by Crippen LogP contribution is 2.17. The summed E-state index contributed by atoms with van der Waals surface area (Å²) in [6.45, 7) is 3.38. The van der Waals surface area contributed by atoms with Gasteiger partial charge in [-0.2, -0.15) is 4.98 Å². The Balaban J connectivity index is 1.56. The number of nitrogens with zero attached hydrogens (tertiary/aromatic N) is 4. The molecule has 3 heterocycles. The normalized spacial score (nSPS) is 18.4. The zero-order valence-corrected chi connectivity index (χ0v) is 12.4. The maximum atomic E-state index is 12.4. The van der Waals surface area contributed by atoms with E-state index in [1.807, 2.05) is 4.90 Å². The van der Waals surface area contributed by atoms with Gasteiger partial charge in [0.25, 0.3) is 11.8 Å². The van der Waals surface area contributed by atoms with E-state index in [1.54, 1.807) is 31.5 Å². The van der Waals surface area contributed by atoms with Gasteiger partial charge < -0.3 is 14.2 Å². The lowest BCUT2D eigenvalue weighted by atomic mass is 10.1. The fourth-order valence-electron chi connectivity index (χ4n) is 2.52. The Hall–Kier alpha value is -2.28. The molecule has 1 atom stereocenters. The van der Waals surface area contributed by atoms with Gasteiger partial charge in [-0.15, -0.1) is 0 Å². The van der Waals surface area contributed by atoms with Crippen molar-refractivity contribution in [2.45, 2.75) is 32.5 Å². The molecule has 7 nitrogen and oxygen atoms in total. The van der Waals surface area contributed by atoms with Crippen LogP contribution in [0.3, 0.4) is 0 Å². The van der Waals surface area contributed by atoms with E-state index in [0.29, 0.717) is 23.8 Å². The van der Waals surface area contributed by atoms with Crippen LogP contribution in [-0.2, 0) is 11.3 Å². The predicted octanol–water partition coefficient (Wildman–Crippen LogP) is 1.59. The van der Waals surface area contributed by atoms with Gasteiger partial charge in [-0.3, -0.25) is 9.78 Å². The van der Waals surface area contributed by atoms with Crippen LogP contribution in [0.4, 0.5) is 0 Å². The molecular formula is C15H18N4O3. The lowest BCUT2D eigenvalue weighted by Gasteiger charge is -2.32. The summed E-state index contributed by atoms with van der Waals surface area (Å²) >= 11 is 0. The first-order valence-electron chi connectivity index (χ1n) is 7.32. The summed E-state index contributed by atoms with van der Waals surface area (Å²) in [5.41, 5.74) is 0.656. The Kier molecular flexibility index (Phi) is 4.43. The number of aryl methyl sites for hydroxylation is 1. The van der Waals surface area contributed by atoms with Crippen LogP contribution >= 0.6 is 0 Å². The first-order chi connectivity index (χ1) is 10.7. The molecule has 116 valence electrons. The number of carbonyl (C=O) groups is 1. The van der Waals surface area contributed by atoms with Gasteiger partial charge in [0.05, 0.1) is 6.10 Å². The second kappa shape index (κ2) is 6.65. The molecule has 1 aliphatic rings. The number of ether oxygens (including phenoxy) is 1. The predicted molar refractivity (Wildman–Crippen MR) is 77.0 cm³/mol. The molecule has 2 aromatic rings. The average Bonchev–Trinajstić information content (AvgIpc) is 2.99. The quantitative estimate of drug-likeness (QED) is 0.853. The number of likely N-dealkylation sites (tertiary alicyclic amines) is 1. The molecule has 7 heteroatoms. The summed E-state index contributed by atoms with van der Waals surface area (Å²) in [7, 11) is 0. The first kappa shape index (κ1) is 14.6. The molecule has 1 aliphatic heterocycles. The number of piperidine rings is 1. The maximum Gasteiger partial charge on any atom is 0.254 e. The van der Waals surface area contributed by atoms with Gasteiger partial charge >= 0.3 is 0 Å².